The van der Waals surface area contributed by atoms with E-state index in [0.717, 1.165) is 62.7 Å². The first-order valence-corrected chi connectivity index (χ1v) is 18.1. The zero-order chi connectivity index (χ0) is 34.4. The number of rotatable bonds is 6. The molecule has 1 aromatic heterocycles. The summed E-state index contributed by atoms with van der Waals surface area (Å²) >= 11 is 0. The van der Waals surface area contributed by atoms with Crippen molar-refractivity contribution in [3.63, 3.8) is 0 Å². The van der Waals surface area contributed by atoms with E-state index in [-0.39, 0.29) is 0 Å². The number of furan rings is 1. The summed E-state index contributed by atoms with van der Waals surface area (Å²) in [7, 11) is 0. The van der Waals surface area contributed by atoms with Crippen LogP contribution in [0.4, 0.5) is 11.4 Å². The fourth-order valence-corrected chi connectivity index (χ4v) is 8.02. The van der Waals surface area contributed by atoms with Crippen molar-refractivity contribution in [2.24, 2.45) is 0 Å². The van der Waals surface area contributed by atoms with E-state index in [2.05, 4.69) is 193 Å². The molecule has 10 rings (SSSR count). The topological polar surface area (TPSA) is 16.4 Å². The average Bonchev–Trinajstić information content (AvgIpc) is 3.61. The van der Waals surface area contributed by atoms with Gasteiger partial charge < -0.3 is 9.32 Å². The fourth-order valence-electron chi connectivity index (χ4n) is 8.02. The number of nitrogens with zero attached hydrogens (tertiary/aromatic N) is 1. The van der Waals surface area contributed by atoms with Gasteiger partial charge in [0, 0.05) is 38.4 Å². The van der Waals surface area contributed by atoms with Crippen LogP contribution in [0.2, 0.25) is 0 Å². The predicted molar refractivity (Wildman–Crippen MR) is 220 cm³/mol. The average molecular weight is 666 g/mol. The predicted octanol–water partition coefficient (Wildman–Crippen LogP) is 14.3. The van der Waals surface area contributed by atoms with E-state index < -0.39 is 0 Å². The molecule has 1 aliphatic rings. The van der Waals surface area contributed by atoms with Gasteiger partial charge in [0.15, 0.2) is 0 Å². The minimum atomic E-state index is 0.910. The van der Waals surface area contributed by atoms with Crippen molar-refractivity contribution >= 4 is 54.9 Å². The molecule has 0 fully saturated rings. The van der Waals surface area contributed by atoms with Crippen LogP contribution in [0.3, 0.4) is 0 Å². The minimum Gasteiger partial charge on any atom is -0.455 e. The summed E-state index contributed by atoms with van der Waals surface area (Å²) in [6, 6.07) is 61.1. The van der Waals surface area contributed by atoms with Crippen molar-refractivity contribution in [2.45, 2.75) is 12.8 Å². The van der Waals surface area contributed by atoms with Gasteiger partial charge >= 0.3 is 0 Å². The lowest BCUT2D eigenvalue weighted by molar-refractivity contribution is 0.671. The molecule has 52 heavy (non-hydrogen) atoms. The summed E-state index contributed by atoms with van der Waals surface area (Å²) in [5, 5.41) is 7.10. The fraction of sp³-hybridized carbons (Fsp3) is 0.0400. The minimum absolute atomic E-state index is 0.910. The van der Waals surface area contributed by atoms with Gasteiger partial charge in [0.2, 0.25) is 0 Å². The number of para-hydroxylation sites is 2. The summed E-state index contributed by atoms with van der Waals surface area (Å²) in [6.07, 6.45) is 9.02. The zero-order valence-corrected chi connectivity index (χ0v) is 28.7. The zero-order valence-electron chi connectivity index (χ0n) is 28.7. The van der Waals surface area contributed by atoms with Crippen molar-refractivity contribution < 1.29 is 4.42 Å². The van der Waals surface area contributed by atoms with E-state index >= 15 is 0 Å². The Balaban J connectivity index is 1.14. The number of anilines is 2. The van der Waals surface area contributed by atoms with Crippen LogP contribution in [0, 0.1) is 0 Å². The number of hydrogen-bond donors (Lipinski definition) is 0. The van der Waals surface area contributed by atoms with E-state index in [1.54, 1.807) is 0 Å². The van der Waals surface area contributed by atoms with E-state index in [9.17, 15) is 0 Å². The van der Waals surface area contributed by atoms with Gasteiger partial charge in [-0.3, -0.25) is 0 Å². The standard InChI is InChI=1S/C50H35NO/c1-3-14-34(15-4-1)35-28-30-37(31-29-35)40-23-12-25-45-46-26-13-24-44(50(46)52-49(40)45)42-32-33-48(43-22-10-9-21-41(42)43)51(38-18-5-2-6-19-38)47-27-11-17-36-16-7-8-20-39(36)47/h1,3-5,7-33H,2,6H2. The third-order valence-electron chi connectivity index (χ3n) is 10.5. The van der Waals surface area contributed by atoms with Crippen LogP contribution < -0.4 is 4.90 Å². The Kier molecular flexibility index (Phi) is 7.32. The highest BCUT2D eigenvalue weighted by atomic mass is 16.3. The molecule has 1 heterocycles. The van der Waals surface area contributed by atoms with Crippen molar-refractivity contribution in [3.05, 3.63) is 194 Å². The van der Waals surface area contributed by atoms with Crippen LogP contribution >= 0.6 is 0 Å². The molecule has 0 amide bonds. The Morgan fingerprint density at radius 1 is 0.385 bits per heavy atom. The van der Waals surface area contributed by atoms with E-state index in [4.69, 9.17) is 4.42 Å². The van der Waals surface area contributed by atoms with Gasteiger partial charge in [0.25, 0.3) is 0 Å². The van der Waals surface area contributed by atoms with Crippen LogP contribution in [-0.2, 0) is 0 Å². The molecule has 9 aromatic rings. The Hall–Kier alpha value is -6.64. The molecule has 0 atom stereocenters. The lowest BCUT2D eigenvalue weighted by Gasteiger charge is -2.30. The van der Waals surface area contributed by atoms with E-state index in [1.165, 1.54) is 44.1 Å². The molecule has 246 valence electrons. The van der Waals surface area contributed by atoms with E-state index in [0.29, 0.717) is 0 Å². The molecular weight excluding hydrogens is 631 g/mol. The monoisotopic (exact) mass is 665 g/mol. The second-order valence-electron chi connectivity index (χ2n) is 13.5. The second-order valence-corrected chi connectivity index (χ2v) is 13.5. The molecule has 2 nitrogen and oxygen atoms in total. The quantitative estimate of drug-likeness (QED) is 0.176. The SMILES string of the molecule is C1=CC(N(c2cccc3ccccc23)c2ccc(-c3cccc4c3oc3c(-c5ccc(-c6ccccc6)cc5)cccc34)c3ccccc23)=CCC1. The van der Waals surface area contributed by atoms with Crippen LogP contribution in [0.5, 0.6) is 0 Å². The Morgan fingerprint density at radius 2 is 0.981 bits per heavy atom. The molecule has 0 unspecified atom stereocenters. The van der Waals surface area contributed by atoms with Gasteiger partial charge in [-0.1, -0.05) is 170 Å². The first-order chi connectivity index (χ1) is 25.8. The maximum atomic E-state index is 6.95. The normalized spacial score (nSPS) is 12.9. The first kappa shape index (κ1) is 30.2. The van der Waals surface area contributed by atoms with Gasteiger partial charge in [-0.15, -0.1) is 0 Å². The number of hydrogen-bond acceptors (Lipinski definition) is 2. The van der Waals surface area contributed by atoms with E-state index in [1.807, 2.05) is 0 Å². The highest BCUT2D eigenvalue weighted by Crippen LogP contribution is 2.45. The molecule has 8 aromatic carbocycles. The molecule has 0 bridgehead atoms. The highest BCUT2D eigenvalue weighted by Gasteiger charge is 2.22. The van der Waals surface area contributed by atoms with Crippen LogP contribution in [0.25, 0.3) is 76.9 Å². The van der Waals surface area contributed by atoms with Gasteiger partial charge in [0.1, 0.15) is 11.2 Å². The summed E-state index contributed by atoms with van der Waals surface area (Å²) in [5.74, 6) is 0. The van der Waals surface area contributed by atoms with Gasteiger partial charge in [-0.25, -0.2) is 0 Å². The summed E-state index contributed by atoms with van der Waals surface area (Å²) in [4.78, 5) is 2.45. The van der Waals surface area contributed by atoms with Crippen molar-refractivity contribution in [1.29, 1.82) is 0 Å². The first-order valence-electron chi connectivity index (χ1n) is 18.1. The number of fused-ring (bicyclic) bond motifs is 5. The molecule has 1 aliphatic carbocycles. The molecular formula is C50H35NO. The lowest BCUT2D eigenvalue weighted by atomic mass is 9.94. The third-order valence-corrected chi connectivity index (χ3v) is 10.5. The van der Waals surface area contributed by atoms with Crippen LogP contribution in [-0.4, -0.2) is 0 Å². The molecule has 0 radical (unpaired) electrons. The van der Waals surface area contributed by atoms with Crippen molar-refractivity contribution in [3.8, 4) is 33.4 Å². The number of allylic oxidation sites excluding steroid dienone is 3. The maximum absolute atomic E-state index is 6.95. The summed E-state index contributed by atoms with van der Waals surface area (Å²) in [6.45, 7) is 0. The Bertz CT molecular complexity index is 2830. The summed E-state index contributed by atoms with van der Waals surface area (Å²) in [5.41, 5.74) is 12.3. The maximum Gasteiger partial charge on any atom is 0.143 e. The molecule has 0 aliphatic heterocycles. The largest absolute Gasteiger partial charge is 0.455 e. The highest BCUT2D eigenvalue weighted by molar-refractivity contribution is 6.16. The third kappa shape index (κ3) is 5.03. The van der Waals surface area contributed by atoms with Gasteiger partial charge in [0.05, 0.1) is 11.4 Å². The second kappa shape index (κ2) is 12.6. The number of benzene rings is 8. The summed E-state index contributed by atoms with van der Waals surface area (Å²) < 4.78 is 6.95. The Labute approximate surface area is 303 Å². The molecule has 0 saturated carbocycles. The Morgan fingerprint density at radius 3 is 1.77 bits per heavy atom. The van der Waals surface area contributed by atoms with Crippen LogP contribution in [0.1, 0.15) is 12.8 Å². The smallest absolute Gasteiger partial charge is 0.143 e. The molecule has 0 N–H and O–H groups in total. The van der Waals surface area contributed by atoms with Crippen molar-refractivity contribution in [2.75, 3.05) is 4.90 Å². The van der Waals surface area contributed by atoms with Crippen molar-refractivity contribution in [1.82, 2.24) is 0 Å². The van der Waals surface area contributed by atoms with Gasteiger partial charge in [-0.05, 0) is 64.1 Å². The molecule has 2 heteroatoms. The van der Waals surface area contributed by atoms with Gasteiger partial charge in [-0.2, -0.15) is 0 Å². The van der Waals surface area contributed by atoms with Crippen LogP contribution in [0.15, 0.2) is 198 Å². The lowest BCUT2D eigenvalue weighted by Crippen LogP contribution is -2.17. The molecule has 0 saturated heterocycles. The molecule has 0 spiro atoms.